The Kier molecular flexibility index (Phi) is 4.26. The average molecular weight is 223 g/mol. The molecule has 1 rings (SSSR count). The predicted octanol–water partition coefficient (Wildman–Crippen LogP) is -0.0465. The fourth-order valence-corrected chi connectivity index (χ4v) is 1.39. The SMILES string of the molecule is COc1cccc(C(O)C(O)CO)c1C#N. The van der Waals surface area contributed by atoms with Crippen molar-refractivity contribution in [3.05, 3.63) is 29.3 Å². The van der Waals surface area contributed by atoms with Crippen molar-refractivity contribution in [2.45, 2.75) is 12.2 Å². The lowest BCUT2D eigenvalue weighted by Gasteiger charge is -2.18. The summed E-state index contributed by atoms with van der Waals surface area (Å²) in [5.74, 6) is 0.323. The van der Waals surface area contributed by atoms with Gasteiger partial charge in [0.1, 0.15) is 24.0 Å². The Morgan fingerprint density at radius 3 is 2.62 bits per heavy atom. The zero-order chi connectivity index (χ0) is 12.1. The summed E-state index contributed by atoms with van der Waals surface area (Å²) in [6.07, 6.45) is -2.63. The zero-order valence-electron chi connectivity index (χ0n) is 8.79. The topological polar surface area (TPSA) is 93.7 Å². The molecule has 0 spiro atoms. The maximum atomic E-state index is 9.70. The normalized spacial score (nSPS) is 13.9. The molecule has 0 aliphatic heterocycles. The second kappa shape index (κ2) is 5.47. The van der Waals surface area contributed by atoms with Crippen molar-refractivity contribution in [2.24, 2.45) is 0 Å². The highest BCUT2D eigenvalue weighted by atomic mass is 16.5. The molecular formula is C11H13NO4. The molecule has 3 N–H and O–H groups in total. The van der Waals surface area contributed by atoms with Crippen LogP contribution < -0.4 is 4.74 Å². The van der Waals surface area contributed by atoms with Gasteiger partial charge < -0.3 is 20.1 Å². The molecular weight excluding hydrogens is 210 g/mol. The first-order valence-electron chi connectivity index (χ1n) is 4.69. The Morgan fingerprint density at radius 2 is 2.12 bits per heavy atom. The highest BCUT2D eigenvalue weighted by molar-refractivity contribution is 5.49. The molecule has 0 fully saturated rings. The molecule has 0 radical (unpaired) electrons. The first kappa shape index (κ1) is 12.5. The van der Waals surface area contributed by atoms with Gasteiger partial charge in [-0.25, -0.2) is 0 Å². The first-order valence-corrected chi connectivity index (χ1v) is 4.69. The highest BCUT2D eigenvalue weighted by Crippen LogP contribution is 2.27. The van der Waals surface area contributed by atoms with Gasteiger partial charge in [0.2, 0.25) is 0 Å². The second-order valence-electron chi connectivity index (χ2n) is 3.23. The van der Waals surface area contributed by atoms with E-state index in [0.29, 0.717) is 5.75 Å². The van der Waals surface area contributed by atoms with Gasteiger partial charge >= 0.3 is 0 Å². The van der Waals surface area contributed by atoms with Gasteiger partial charge in [0.05, 0.1) is 19.3 Å². The number of nitrogens with zero attached hydrogens (tertiary/aromatic N) is 1. The molecule has 0 bridgehead atoms. The van der Waals surface area contributed by atoms with E-state index in [1.165, 1.54) is 13.2 Å². The zero-order valence-corrected chi connectivity index (χ0v) is 8.79. The largest absolute Gasteiger partial charge is 0.495 e. The van der Waals surface area contributed by atoms with Crippen LogP contribution in [0, 0.1) is 11.3 Å². The molecule has 0 aliphatic rings. The number of methoxy groups -OCH3 is 1. The summed E-state index contributed by atoms with van der Waals surface area (Å²) in [4.78, 5) is 0. The number of aliphatic hydroxyl groups is 3. The Labute approximate surface area is 93.1 Å². The minimum absolute atomic E-state index is 0.157. The van der Waals surface area contributed by atoms with Crippen LogP contribution in [0.5, 0.6) is 5.75 Å². The summed E-state index contributed by atoms with van der Waals surface area (Å²) in [5.41, 5.74) is 0.397. The minimum atomic E-state index is -1.32. The number of hydrogen-bond acceptors (Lipinski definition) is 5. The van der Waals surface area contributed by atoms with Crippen molar-refractivity contribution < 1.29 is 20.1 Å². The Balaban J connectivity index is 3.19. The summed E-state index contributed by atoms with van der Waals surface area (Å²) < 4.78 is 4.96. The van der Waals surface area contributed by atoms with Crippen molar-refractivity contribution in [3.63, 3.8) is 0 Å². The maximum absolute atomic E-state index is 9.70. The number of hydrogen-bond donors (Lipinski definition) is 3. The maximum Gasteiger partial charge on any atom is 0.137 e. The summed E-state index contributed by atoms with van der Waals surface area (Å²) in [5, 5.41) is 36.7. The van der Waals surface area contributed by atoms with E-state index in [4.69, 9.17) is 15.1 Å². The number of benzene rings is 1. The van der Waals surface area contributed by atoms with Gasteiger partial charge in [0, 0.05) is 5.56 Å². The van der Waals surface area contributed by atoms with Crippen LogP contribution in [0.15, 0.2) is 18.2 Å². The van der Waals surface area contributed by atoms with Crippen molar-refractivity contribution >= 4 is 0 Å². The van der Waals surface area contributed by atoms with Crippen molar-refractivity contribution in [1.82, 2.24) is 0 Å². The van der Waals surface area contributed by atoms with Crippen LogP contribution in [-0.4, -0.2) is 35.1 Å². The first-order chi connectivity index (χ1) is 7.65. The van der Waals surface area contributed by atoms with Gasteiger partial charge in [-0.1, -0.05) is 12.1 Å². The van der Waals surface area contributed by atoms with Crippen LogP contribution >= 0.6 is 0 Å². The lowest BCUT2D eigenvalue weighted by Crippen LogP contribution is -2.22. The van der Waals surface area contributed by atoms with Crippen molar-refractivity contribution in [2.75, 3.05) is 13.7 Å². The van der Waals surface area contributed by atoms with E-state index in [9.17, 15) is 10.2 Å². The molecule has 0 amide bonds. The lowest BCUT2D eigenvalue weighted by atomic mass is 9.99. The van der Waals surface area contributed by atoms with Crippen LogP contribution in [0.2, 0.25) is 0 Å². The van der Waals surface area contributed by atoms with E-state index >= 15 is 0 Å². The van der Waals surface area contributed by atoms with Gasteiger partial charge in [-0.3, -0.25) is 0 Å². The molecule has 0 saturated heterocycles. The van der Waals surface area contributed by atoms with Crippen LogP contribution in [0.4, 0.5) is 0 Å². The van der Waals surface area contributed by atoms with E-state index in [1.807, 2.05) is 6.07 Å². The molecule has 86 valence electrons. The van der Waals surface area contributed by atoms with E-state index in [-0.39, 0.29) is 11.1 Å². The monoisotopic (exact) mass is 223 g/mol. The van der Waals surface area contributed by atoms with Crippen LogP contribution in [0.25, 0.3) is 0 Å². The number of rotatable bonds is 4. The van der Waals surface area contributed by atoms with Gasteiger partial charge in [0.15, 0.2) is 0 Å². The molecule has 0 heterocycles. The van der Waals surface area contributed by atoms with Gasteiger partial charge in [-0.15, -0.1) is 0 Å². The van der Waals surface area contributed by atoms with Crippen LogP contribution in [-0.2, 0) is 0 Å². The molecule has 1 aromatic carbocycles. The molecule has 0 saturated carbocycles. The molecule has 0 aromatic heterocycles. The molecule has 1 aromatic rings. The Bertz CT molecular complexity index is 399. The smallest absolute Gasteiger partial charge is 0.137 e. The predicted molar refractivity (Wildman–Crippen MR) is 55.8 cm³/mol. The lowest BCUT2D eigenvalue weighted by molar-refractivity contribution is -0.0154. The Hall–Kier alpha value is -1.61. The highest BCUT2D eigenvalue weighted by Gasteiger charge is 2.22. The van der Waals surface area contributed by atoms with E-state index in [2.05, 4.69) is 0 Å². The summed E-state index contributed by atoms with van der Waals surface area (Å²) in [7, 11) is 1.41. The third-order valence-corrected chi connectivity index (χ3v) is 2.26. The molecule has 2 unspecified atom stereocenters. The van der Waals surface area contributed by atoms with Gasteiger partial charge in [-0.2, -0.15) is 5.26 Å². The Morgan fingerprint density at radius 1 is 1.44 bits per heavy atom. The van der Waals surface area contributed by atoms with Gasteiger partial charge in [0.25, 0.3) is 0 Å². The van der Waals surface area contributed by atoms with Crippen LogP contribution in [0.3, 0.4) is 0 Å². The van der Waals surface area contributed by atoms with Gasteiger partial charge in [-0.05, 0) is 6.07 Å². The van der Waals surface area contributed by atoms with E-state index < -0.39 is 18.8 Å². The molecule has 2 atom stereocenters. The third-order valence-electron chi connectivity index (χ3n) is 2.26. The number of nitriles is 1. The second-order valence-corrected chi connectivity index (χ2v) is 3.23. The summed E-state index contributed by atoms with van der Waals surface area (Å²) in [6, 6.07) is 6.58. The number of ether oxygens (including phenoxy) is 1. The molecule has 5 nitrogen and oxygen atoms in total. The fourth-order valence-electron chi connectivity index (χ4n) is 1.39. The summed E-state index contributed by atoms with van der Waals surface area (Å²) in [6.45, 7) is -0.580. The fraction of sp³-hybridized carbons (Fsp3) is 0.364. The summed E-state index contributed by atoms with van der Waals surface area (Å²) >= 11 is 0. The minimum Gasteiger partial charge on any atom is -0.495 e. The molecule has 16 heavy (non-hydrogen) atoms. The third kappa shape index (κ3) is 2.31. The standard InChI is InChI=1S/C11H13NO4/c1-16-10-4-2-3-7(8(10)5-12)11(15)9(14)6-13/h2-4,9,11,13-15H,6H2,1H3. The van der Waals surface area contributed by atoms with E-state index in [0.717, 1.165) is 0 Å². The van der Waals surface area contributed by atoms with E-state index in [1.54, 1.807) is 12.1 Å². The number of aliphatic hydroxyl groups excluding tert-OH is 3. The quantitative estimate of drug-likeness (QED) is 0.665. The average Bonchev–Trinajstić information content (AvgIpc) is 2.35. The molecule has 0 aliphatic carbocycles. The van der Waals surface area contributed by atoms with Crippen LogP contribution in [0.1, 0.15) is 17.2 Å². The molecule has 5 heteroatoms. The van der Waals surface area contributed by atoms with Crippen molar-refractivity contribution in [3.8, 4) is 11.8 Å². The van der Waals surface area contributed by atoms with Crippen molar-refractivity contribution in [1.29, 1.82) is 5.26 Å².